The van der Waals surface area contributed by atoms with E-state index in [-0.39, 0.29) is 29.5 Å². The molecule has 8 nitrogen and oxygen atoms in total. The summed E-state index contributed by atoms with van der Waals surface area (Å²) in [6.45, 7) is 9.70. The molecule has 3 fully saturated rings. The number of carbonyl (C=O) groups excluding carboxylic acids is 4. The third-order valence-corrected chi connectivity index (χ3v) is 9.41. The van der Waals surface area contributed by atoms with Crippen LogP contribution < -0.4 is 0 Å². The Morgan fingerprint density at radius 3 is 2.12 bits per heavy atom. The first-order valence-electron chi connectivity index (χ1n) is 11.3. The Kier molecular flexibility index (Phi) is 4.01. The van der Waals surface area contributed by atoms with Crippen LogP contribution in [0.3, 0.4) is 0 Å². The van der Waals surface area contributed by atoms with Crippen molar-refractivity contribution < 1.29 is 38.9 Å². The quantitative estimate of drug-likeness (QED) is 0.604. The van der Waals surface area contributed by atoms with Crippen molar-refractivity contribution in [2.24, 2.45) is 34.0 Å². The molecule has 0 unspecified atom stereocenters. The number of fused-ring (bicyclic) bond motifs is 1. The van der Waals surface area contributed by atoms with Crippen LogP contribution in [0.25, 0.3) is 0 Å². The van der Waals surface area contributed by atoms with Crippen LogP contribution in [0.15, 0.2) is 11.1 Å². The van der Waals surface area contributed by atoms with Gasteiger partial charge in [0.2, 0.25) is 0 Å². The second-order valence-corrected chi connectivity index (χ2v) is 11.3. The molecule has 3 saturated carbocycles. The predicted molar refractivity (Wildman–Crippen MR) is 109 cm³/mol. The van der Waals surface area contributed by atoms with Crippen molar-refractivity contribution >= 4 is 23.5 Å². The highest BCUT2D eigenvalue weighted by molar-refractivity contribution is 6.08. The molecule has 9 atom stereocenters. The minimum Gasteiger partial charge on any atom is -0.459 e. The van der Waals surface area contributed by atoms with Gasteiger partial charge in [0.1, 0.15) is 29.7 Å². The number of carbonyl (C=O) groups is 4. The lowest BCUT2D eigenvalue weighted by molar-refractivity contribution is -0.271. The number of ketones is 2. The van der Waals surface area contributed by atoms with Crippen LogP contribution in [0.5, 0.6) is 0 Å². The van der Waals surface area contributed by atoms with Gasteiger partial charge in [-0.25, -0.2) is 0 Å². The minimum atomic E-state index is -1.72. The van der Waals surface area contributed by atoms with E-state index in [1.54, 1.807) is 13.8 Å². The molecule has 5 aliphatic carbocycles. The van der Waals surface area contributed by atoms with Crippen molar-refractivity contribution in [1.82, 2.24) is 0 Å². The summed E-state index contributed by atoms with van der Waals surface area (Å²) in [5, 5.41) is 23.6. The number of hydrogen-bond donors (Lipinski definition) is 2. The fraction of sp³-hybridized carbons (Fsp3) is 0.750. The zero-order valence-electron chi connectivity index (χ0n) is 19.2. The molecule has 32 heavy (non-hydrogen) atoms. The number of aliphatic hydroxyl groups is 2. The van der Waals surface area contributed by atoms with E-state index in [9.17, 15) is 29.4 Å². The van der Waals surface area contributed by atoms with Crippen molar-refractivity contribution in [2.45, 2.75) is 78.3 Å². The average Bonchev–Trinajstić information content (AvgIpc) is 3.34. The molecule has 0 saturated heterocycles. The molecule has 0 aromatic carbocycles. The van der Waals surface area contributed by atoms with Gasteiger partial charge in [-0.2, -0.15) is 0 Å². The normalized spacial score (nSPS) is 49.9. The molecular weight excluding hydrogens is 416 g/mol. The van der Waals surface area contributed by atoms with Crippen molar-refractivity contribution in [2.75, 3.05) is 0 Å². The number of esters is 2. The van der Waals surface area contributed by atoms with Gasteiger partial charge in [0, 0.05) is 48.5 Å². The Morgan fingerprint density at radius 2 is 1.62 bits per heavy atom. The smallest absolute Gasteiger partial charge is 0.303 e. The average molecular weight is 446 g/mol. The second-order valence-electron chi connectivity index (χ2n) is 11.3. The van der Waals surface area contributed by atoms with Crippen LogP contribution in [0, 0.1) is 34.0 Å². The highest BCUT2D eigenvalue weighted by atomic mass is 16.6. The number of rotatable bonds is 2. The van der Waals surface area contributed by atoms with E-state index in [1.165, 1.54) is 13.8 Å². The van der Waals surface area contributed by atoms with E-state index < -0.39 is 63.9 Å². The van der Waals surface area contributed by atoms with Crippen LogP contribution in [0.2, 0.25) is 0 Å². The summed E-state index contributed by atoms with van der Waals surface area (Å²) in [6, 6.07) is 0. The first-order chi connectivity index (χ1) is 14.7. The van der Waals surface area contributed by atoms with Gasteiger partial charge in [-0.1, -0.05) is 27.7 Å². The van der Waals surface area contributed by atoms with E-state index in [0.717, 1.165) is 0 Å². The first kappa shape index (κ1) is 21.8. The summed E-state index contributed by atoms with van der Waals surface area (Å²) in [5.41, 5.74) is -4.27. The fourth-order valence-corrected chi connectivity index (χ4v) is 8.16. The zero-order chi connectivity index (χ0) is 23.8. The standard InChI is InChI=1S/C24H30O8/c1-9-8-23(9)19(29)14-15(28)16(31-10(2)25)18-21(4,5)13(27)7-12-22(18,6)17(14)24(12,30)20(23)32-11(3)26/h9,12,15-16,18,20,28,30H,7-8H2,1-6H3/t9-,12+,15-,16-,18+,20-,22-,23+,24-/m0/s1. The van der Waals surface area contributed by atoms with Crippen molar-refractivity contribution in [3.63, 3.8) is 0 Å². The van der Waals surface area contributed by atoms with E-state index in [2.05, 4.69) is 0 Å². The number of hydrogen-bond acceptors (Lipinski definition) is 8. The number of ether oxygens (including phenoxy) is 2. The van der Waals surface area contributed by atoms with Gasteiger partial charge in [-0.05, 0) is 17.9 Å². The molecule has 2 N–H and O–H groups in total. The highest BCUT2D eigenvalue weighted by Gasteiger charge is 2.86. The second kappa shape index (κ2) is 5.89. The molecule has 0 heterocycles. The Bertz CT molecular complexity index is 1030. The Balaban J connectivity index is 1.80. The highest BCUT2D eigenvalue weighted by Crippen LogP contribution is 2.79. The van der Waals surface area contributed by atoms with Crippen LogP contribution in [0.1, 0.15) is 54.4 Å². The largest absolute Gasteiger partial charge is 0.459 e. The van der Waals surface area contributed by atoms with Gasteiger partial charge in [0.05, 0.1) is 5.41 Å². The number of aliphatic hydroxyl groups excluding tert-OH is 1. The SMILES string of the molecule is CC(=O)O[C@@H]1[C@@H]2C(C)(C)C(=O)C[C@@H]3[C@@]2(C)C2=C(C(=O)[C@]4(C[C@@H]4C)[C@H](OC(C)=O)[C@@]23O)[C@@H]1O. The monoisotopic (exact) mass is 446 g/mol. The topological polar surface area (TPSA) is 127 Å². The maximum atomic E-state index is 13.9. The molecule has 8 heteroatoms. The lowest BCUT2D eigenvalue weighted by Crippen LogP contribution is -2.82. The molecule has 5 rings (SSSR count). The van der Waals surface area contributed by atoms with Crippen LogP contribution in [0.4, 0.5) is 0 Å². The predicted octanol–water partition coefficient (Wildman–Crippen LogP) is 1.11. The lowest BCUT2D eigenvalue weighted by atomic mass is 9.30. The van der Waals surface area contributed by atoms with E-state index in [1.807, 2.05) is 13.8 Å². The van der Waals surface area contributed by atoms with Crippen LogP contribution in [-0.4, -0.2) is 57.6 Å². The Morgan fingerprint density at radius 1 is 1.06 bits per heavy atom. The molecule has 0 aromatic rings. The maximum absolute atomic E-state index is 13.9. The van der Waals surface area contributed by atoms with Gasteiger partial charge in [-0.3, -0.25) is 19.2 Å². The Hall–Kier alpha value is -2.06. The third-order valence-electron chi connectivity index (χ3n) is 9.41. The summed E-state index contributed by atoms with van der Waals surface area (Å²) in [6.07, 6.45) is -3.23. The summed E-state index contributed by atoms with van der Waals surface area (Å²) in [7, 11) is 0. The van der Waals surface area contributed by atoms with Gasteiger partial charge >= 0.3 is 11.9 Å². The van der Waals surface area contributed by atoms with Crippen molar-refractivity contribution in [3.8, 4) is 0 Å². The summed E-state index contributed by atoms with van der Waals surface area (Å²) in [5.74, 6) is -3.14. The van der Waals surface area contributed by atoms with Gasteiger partial charge in [-0.15, -0.1) is 0 Å². The molecule has 0 radical (unpaired) electrons. The third kappa shape index (κ3) is 2.07. The summed E-state index contributed by atoms with van der Waals surface area (Å²) in [4.78, 5) is 51.2. The fourth-order valence-electron chi connectivity index (χ4n) is 8.16. The van der Waals surface area contributed by atoms with Gasteiger partial charge in [0.25, 0.3) is 0 Å². The molecule has 0 bridgehead atoms. The maximum Gasteiger partial charge on any atom is 0.303 e. The summed E-state index contributed by atoms with van der Waals surface area (Å²) < 4.78 is 11.2. The van der Waals surface area contributed by atoms with E-state index >= 15 is 0 Å². The molecule has 5 aliphatic rings. The zero-order valence-corrected chi connectivity index (χ0v) is 19.2. The molecule has 0 aliphatic heterocycles. The Labute approximate surface area is 186 Å². The van der Waals surface area contributed by atoms with Crippen LogP contribution in [-0.2, 0) is 28.7 Å². The van der Waals surface area contributed by atoms with Gasteiger partial charge in [0.15, 0.2) is 5.78 Å². The molecule has 174 valence electrons. The minimum absolute atomic E-state index is 0.0482. The first-order valence-corrected chi connectivity index (χ1v) is 11.3. The van der Waals surface area contributed by atoms with Crippen molar-refractivity contribution in [3.05, 3.63) is 11.1 Å². The lowest BCUT2D eigenvalue weighted by Gasteiger charge is -2.74. The van der Waals surface area contributed by atoms with E-state index in [0.29, 0.717) is 12.0 Å². The molecule has 0 amide bonds. The van der Waals surface area contributed by atoms with Gasteiger partial charge < -0.3 is 19.7 Å². The number of Topliss-reactive ketones (excluding diaryl/α,β-unsaturated/α-hetero) is 2. The molecule has 1 spiro atoms. The van der Waals surface area contributed by atoms with Crippen LogP contribution >= 0.6 is 0 Å². The van der Waals surface area contributed by atoms with Crippen molar-refractivity contribution in [1.29, 1.82) is 0 Å². The van der Waals surface area contributed by atoms with E-state index in [4.69, 9.17) is 9.47 Å². The molecule has 0 aromatic heterocycles. The summed E-state index contributed by atoms with van der Waals surface area (Å²) >= 11 is 0. The molecular formula is C24H30O8.